The van der Waals surface area contributed by atoms with E-state index in [2.05, 4.69) is 26.1 Å². The lowest BCUT2D eigenvalue weighted by atomic mass is 9.88. The SMILES string of the molecule is CCC(CC1CC1)NC(=O)CCC(CCN)C(C)C. The van der Waals surface area contributed by atoms with Crippen LogP contribution in [-0.4, -0.2) is 18.5 Å². The average Bonchev–Trinajstić information content (AvgIpc) is 3.17. The average molecular weight is 268 g/mol. The molecule has 2 unspecified atom stereocenters. The molecule has 1 aliphatic carbocycles. The van der Waals surface area contributed by atoms with E-state index in [0.29, 0.717) is 24.3 Å². The molecule has 0 heterocycles. The third kappa shape index (κ3) is 6.95. The molecule has 2 atom stereocenters. The van der Waals surface area contributed by atoms with E-state index in [1.165, 1.54) is 19.3 Å². The Morgan fingerprint density at radius 1 is 1.32 bits per heavy atom. The molecule has 3 heteroatoms. The minimum Gasteiger partial charge on any atom is -0.353 e. The van der Waals surface area contributed by atoms with Crippen molar-refractivity contribution in [1.82, 2.24) is 5.32 Å². The number of amides is 1. The van der Waals surface area contributed by atoms with E-state index in [1.54, 1.807) is 0 Å². The molecule has 1 rings (SSSR count). The van der Waals surface area contributed by atoms with Crippen molar-refractivity contribution in [3.05, 3.63) is 0 Å². The highest BCUT2D eigenvalue weighted by Crippen LogP contribution is 2.34. The van der Waals surface area contributed by atoms with E-state index in [-0.39, 0.29) is 5.91 Å². The number of rotatable bonds is 10. The summed E-state index contributed by atoms with van der Waals surface area (Å²) in [5.74, 6) is 2.31. The Labute approximate surface area is 118 Å². The van der Waals surface area contributed by atoms with Crippen LogP contribution in [0.5, 0.6) is 0 Å². The number of hydrogen-bond donors (Lipinski definition) is 2. The third-order valence-electron chi connectivity index (χ3n) is 4.40. The molecule has 3 nitrogen and oxygen atoms in total. The first kappa shape index (κ1) is 16.5. The van der Waals surface area contributed by atoms with Gasteiger partial charge in [0.2, 0.25) is 5.91 Å². The van der Waals surface area contributed by atoms with Gasteiger partial charge in [0, 0.05) is 12.5 Å². The Morgan fingerprint density at radius 2 is 2.00 bits per heavy atom. The maximum atomic E-state index is 12.0. The van der Waals surface area contributed by atoms with E-state index in [4.69, 9.17) is 5.73 Å². The molecule has 0 aromatic heterocycles. The zero-order valence-electron chi connectivity index (χ0n) is 13.0. The van der Waals surface area contributed by atoms with Crippen LogP contribution in [0.25, 0.3) is 0 Å². The van der Waals surface area contributed by atoms with Crippen molar-refractivity contribution in [3.63, 3.8) is 0 Å². The monoisotopic (exact) mass is 268 g/mol. The summed E-state index contributed by atoms with van der Waals surface area (Å²) < 4.78 is 0. The van der Waals surface area contributed by atoms with Gasteiger partial charge >= 0.3 is 0 Å². The fourth-order valence-corrected chi connectivity index (χ4v) is 2.72. The van der Waals surface area contributed by atoms with Crippen molar-refractivity contribution in [3.8, 4) is 0 Å². The van der Waals surface area contributed by atoms with Gasteiger partial charge in [-0.2, -0.15) is 0 Å². The molecular weight excluding hydrogens is 236 g/mol. The van der Waals surface area contributed by atoms with Crippen molar-refractivity contribution >= 4 is 5.91 Å². The van der Waals surface area contributed by atoms with Gasteiger partial charge < -0.3 is 11.1 Å². The zero-order chi connectivity index (χ0) is 14.3. The molecule has 0 radical (unpaired) electrons. The third-order valence-corrected chi connectivity index (χ3v) is 4.40. The fraction of sp³-hybridized carbons (Fsp3) is 0.938. The van der Waals surface area contributed by atoms with Crippen LogP contribution in [0.4, 0.5) is 0 Å². The molecular formula is C16H32N2O. The number of nitrogens with two attached hydrogens (primary N) is 1. The molecule has 0 spiro atoms. The van der Waals surface area contributed by atoms with Crippen molar-refractivity contribution in [1.29, 1.82) is 0 Å². The van der Waals surface area contributed by atoms with E-state index in [0.717, 1.165) is 31.7 Å². The van der Waals surface area contributed by atoms with E-state index in [9.17, 15) is 4.79 Å². The second-order valence-corrected chi connectivity index (χ2v) is 6.47. The van der Waals surface area contributed by atoms with Gasteiger partial charge in [-0.05, 0) is 50.0 Å². The van der Waals surface area contributed by atoms with Crippen LogP contribution < -0.4 is 11.1 Å². The van der Waals surface area contributed by atoms with Gasteiger partial charge in [-0.25, -0.2) is 0 Å². The van der Waals surface area contributed by atoms with Crippen LogP contribution in [0.1, 0.15) is 65.7 Å². The molecule has 19 heavy (non-hydrogen) atoms. The summed E-state index contributed by atoms with van der Waals surface area (Å²) in [6, 6.07) is 0.395. The topological polar surface area (TPSA) is 55.1 Å². The number of nitrogens with one attached hydrogen (secondary N) is 1. The molecule has 112 valence electrons. The number of hydrogen-bond acceptors (Lipinski definition) is 2. The number of carbonyl (C=O) groups is 1. The van der Waals surface area contributed by atoms with Crippen LogP contribution in [0.15, 0.2) is 0 Å². The summed E-state index contributed by atoms with van der Waals surface area (Å²) in [5, 5.41) is 3.20. The summed E-state index contributed by atoms with van der Waals surface area (Å²) in [6.45, 7) is 7.34. The van der Waals surface area contributed by atoms with Gasteiger partial charge in [0.15, 0.2) is 0 Å². The van der Waals surface area contributed by atoms with Gasteiger partial charge in [-0.1, -0.05) is 33.6 Å². The van der Waals surface area contributed by atoms with Gasteiger partial charge in [0.05, 0.1) is 0 Å². The van der Waals surface area contributed by atoms with Gasteiger partial charge in [0.25, 0.3) is 0 Å². The smallest absolute Gasteiger partial charge is 0.220 e. The fourth-order valence-electron chi connectivity index (χ4n) is 2.72. The van der Waals surface area contributed by atoms with Crippen molar-refractivity contribution in [2.75, 3.05) is 6.54 Å². The zero-order valence-corrected chi connectivity index (χ0v) is 13.0. The maximum Gasteiger partial charge on any atom is 0.220 e. The van der Waals surface area contributed by atoms with E-state index in [1.807, 2.05) is 0 Å². The lowest BCUT2D eigenvalue weighted by molar-refractivity contribution is -0.122. The highest BCUT2D eigenvalue weighted by Gasteiger charge is 2.25. The quantitative estimate of drug-likeness (QED) is 0.640. The first-order valence-electron chi connectivity index (χ1n) is 8.06. The van der Waals surface area contributed by atoms with Crippen LogP contribution in [0, 0.1) is 17.8 Å². The van der Waals surface area contributed by atoms with Crippen molar-refractivity contribution in [2.45, 2.75) is 71.8 Å². The first-order chi connectivity index (χ1) is 9.06. The Bertz CT molecular complexity index is 261. The molecule has 1 amide bonds. The van der Waals surface area contributed by atoms with Crippen molar-refractivity contribution in [2.24, 2.45) is 23.5 Å². The van der Waals surface area contributed by atoms with E-state index < -0.39 is 0 Å². The summed E-state index contributed by atoms with van der Waals surface area (Å²) in [6.07, 6.45) is 7.61. The summed E-state index contributed by atoms with van der Waals surface area (Å²) in [7, 11) is 0. The molecule has 0 aromatic carbocycles. The Balaban J connectivity index is 2.24. The lowest BCUT2D eigenvalue weighted by Gasteiger charge is -2.21. The maximum absolute atomic E-state index is 12.0. The second kappa shape index (κ2) is 8.57. The molecule has 0 saturated heterocycles. The summed E-state index contributed by atoms with van der Waals surface area (Å²) in [5.41, 5.74) is 5.64. The largest absolute Gasteiger partial charge is 0.353 e. The normalized spacial score (nSPS) is 18.4. The van der Waals surface area contributed by atoms with Crippen LogP contribution in [0.3, 0.4) is 0 Å². The molecule has 0 aliphatic heterocycles. The van der Waals surface area contributed by atoms with Crippen LogP contribution in [0.2, 0.25) is 0 Å². The minimum absolute atomic E-state index is 0.232. The molecule has 0 aromatic rings. The molecule has 3 N–H and O–H groups in total. The predicted octanol–water partition coefficient (Wildman–Crippen LogP) is 3.08. The first-order valence-corrected chi connectivity index (χ1v) is 8.06. The van der Waals surface area contributed by atoms with E-state index >= 15 is 0 Å². The minimum atomic E-state index is 0.232. The number of carbonyl (C=O) groups excluding carboxylic acids is 1. The Morgan fingerprint density at radius 3 is 2.47 bits per heavy atom. The van der Waals surface area contributed by atoms with Gasteiger partial charge in [-0.3, -0.25) is 4.79 Å². The summed E-state index contributed by atoms with van der Waals surface area (Å²) in [4.78, 5) is 12.0. The van der Waals surface area contributed by atoms with Crippen molar-refractivity contribution < 1.29 is 4.79 Å². The van der Waals surface area contributed by atoms with Gasteiger partial charge in [0.1, 0.15) is 0 Å². The highest BCUT2D eigenvalue weighted by atomic mass is 16.1. The highest BCUT2D eigenvalue weighted by molar-refractivity contribution is 5.76. The Kier molecular flexibility index (Phi) is 7.44. The molecule has 0 bridgehead atoms. The molecule has 1 aliphatic rings. The van der Waals surface area contributed by atoms with Gasteiger partial charge in [-0.15, -0.1) is 0 Å². The Hall–Kier alpha value is -0.570. The lowest BCUT2D eigenvalue weighted by Crippen LogP contribution is -2.35. The summed E-state index contributed by atoms with van der Waals surface area (Å²) >= 11 is 0. The molecule has 1 fully saturated rings. The standard InChI is InChI=1S/C16H32N2O/c1-4-15(11-13-5-6-13)18-16(19)8-7-14(9-10-17)12(2)3/h12-15H,4-11,17H2,1-3H3,(H,18,19). The van der Waals surface area contributed by atoms with Crippen LogP contribution in [-0.2, 0) is 4.79 Å². The van der Waals surface area contributed by atoms with Crippen LogP contribution >= 0.6 is 0 Å². The molecule has 1 saturated carbocycles. The predicted molar refractivity (Wildman–Crippen MR) is 80.8 cm³/mol. The second-order valence-electron chi connectivity index (χ2n) is 6.47.